The van der Waals surface area contributed by atoms with Gasteiger partial charge in [0.05, 0.1) is 22.8 Å². The highest BCUT2D eigenvalue weighted by molar-refractivity contribution is 7.13. The maximum absolute atomic E-state index is 12.9. The van der Waals surface area contributed by atoms with Gasteiger partial charge in [0.2, 0.25) is 0 Å². The van der Waals surface area contributed by atoms with Crippen molar-refractivity contribution in [3.8, 4) is 5.75 Å². The van der Waals surface area contributed by atoms with Gasteiger partial charge in [0.1, 0.15) is 5.75 Å². The molecule has 0 radical (unpaired) electrons. The molecule has 1 aliphatic rings. The second-order valence-corrected chi connectivity index (χ2v) is 7.76. The number of benzene rings is 1. The predicted molar refractivity (Wildman–Crippen MR) is 114 cm³/mol. The van der Waals surface area contributed by atoms with Crippen molar-refractivity contribution in [3.63, 3.8) is 0 Å². The molecule has 0 saturated heterocycles. The third kappa shape index (κ3) is 5.41. The number of hydrogen-bond acceptors (Lipinski definition) is 8. The number of nitrogens with zero attached hydrogens (tertiary/aromatic N) is 1. The molecule has 1 amide bonds. The number of nitrogens with one attached hydrogen (secondary N) is 1. The van der Waals surface area contributed by atoms with Crippen LogP contribution in [0.25, 0.3) is 5.57 Å². The Kier molecular flexibility index (Phi) is 6.93. The largest absolute Gasteiger partial charge is 0.547 e. The Balaban J connectivity index is 1.78. The van der Waals surface area contributed by atoms with Gasteiger partial charge in [-0.1, -0.05) is 18.2 Å². The molecule has 0 saturated carbocycles. The van der Waals surface area contributed by atoms with E-state index in [0.29, 0.717) is 24.1 Å². The lowest BCUT2D eigenvalue weighted by atomic mass is 9.72. The summed E-state index contributed by atoms with van der Waals surface area (Å²) in [6, 6.07) is 4.60. The fourth-order valence-electron chi connectivity index (χ4n) is 3.19. The predicted octanol–water partition coefficient (Wildman–Crippen LogP) is 1.20. The van der Waals surface area contributed by atoms with Gasteiger partial charge in [-0.3, -0.25) is 9.59 Å². The molecule has 0 unspecified atom stereocenters. The Morgan fingerprint density at radius 2 is 2.13 bits per heavy atom. The molecule has 31 heavy (non-hydrogen) atoms. The second-order valence-electron chi connectivity index (χ2n) is 6.87. The quantitative estimate of drug-likeness (QED) is 0.227. The number of nitrogens with two attached hydrogens (primary N) is 1. The molecule has 12 heteroatoms. The third-order valence-corrected chi connectivity index (χ3v) is 5.33. The number of thiazole rings is 1. The average molecular weight is 445 g/mol. The number of allylic oxidation sites excluding steroid dienone is 1. The zero-order valence-electron chi connectivity index (χ0n) is 16.3. The number of rotatable bonds is 8. The van der Waals surface area contributed by atoms with Crippen LogP contribution in [0.3, 0.4) is 0 Å². The normalized spacial score (nSPS) is 15.7. The lowest BCUT2D eigenvalue weighted by Crippen LogP contribution is -2.53. The van der Waals surface area contributed by atoms with Gasteiger partial charge in [0.25, 0.3) is 5.91 Å². The van der Waals surface area contributed by atoms with E-state index in [1.54, 1.807) is 23.6 Å². The van der Waals surface area contributed by atoms with Crippen LogP contribution in [-0.4, -0.2) is 51.1 Å². The van der Waals surface area contributed by atoms with Crippen LogP contribution in [0.2, 0.25) is 0 Å². The summed E-state index contributed by atoms with van der Waals surface area (Å²) >= 11 is 1.16. The van der Waals surface area contributed by atoms with Crippen LogP contribution in [0, 0.1) is 0 Å². The first kappa shape index (κ1) is 22.3. The molecule has 2 heterocycles. The number of carboxylic acids is 2. The van der Waals surface area contributed by atoms with Crippen LogP contribution in [-0.2, 0) is 16.0 Å². The molecule has 162 valence electrons. The monoisotopic (exact) mass is 445 g/mol. The van der Waals surface area contributed by atoms with Crippen LogP contribution in [0.15, 0.2) is 29.7 Å². The van der Waals surface area contributed by atoms with Gasteiger partial charge in [0.15, 0.2) is 5.13 Å². The topological polar surface area (TPSA) is 172 Å². The number of carbonyl (C=O) groups is 3. The van der Waals surface area contributed by atoms with E-state index >= 15 is 0 Å². The van der Waals surface area contributed by atoms with Gasteiger partial charge in [-0.05, 0) is 30.9 Å². The van der Waals surface area contributed by atoms with Gasteiger partial charge in [0, 0.05) is 11.8 Å². The van der Waals surface area contributed by atoms with Gasteiger partial charge >= 0.3 is 19.1 Å². The summed E-state index contributed by atoms with van der Waals surface area (Å²) in [5.74, 6) is -3.41. The van der Waals surface area contributed by atoms with E-state index < -0.39 is 30.9 Å². The van der Waals surface area contributed by atoms with E-state index in [2.05, 4.69) is 10.3 Å². The van der Waals surface area contributed by atoms with Crippen LogP contribution >= 0.6 is 11.3 Å². The van der Waals surface area contributed by atoms with Crippen molar-refractivity contribution in [2.24, 2.45) is 0 Å². The number of aliphatic carboxylic acids is 1. The summed E-state index contributed by atoms with van der Waals surface area (Å²) in [6.45, 7) is 0. The fourth-order valence-corrected chi connectivity index (χ4v) is 3.75. The first-order valence-corrected chi connectivity index (χ1v) is 10.3. The van der Waals surface area contributed by atoms with Crippen molar-refractivity contribution in [2.45, 2.75) is 31.6 Å². The average Bonchev–Trinajstić information content (AvgIpc) is 3.13. The number of anilines is 1. The van der Waals surface area contributed by atoms with Crippen LogP contribution < -0.4 is 15.7 Å². The molecule has 0 bridgehead atoms. The summed E-state index contributed by atoms with van der Waals surface area (Å²) in [5, 5.41) is 33.0. The van der Waals surface area contributed by atoms with Crippen molar-refractivity contribution >= 4 is 47.0 Å². The Hall–Kier alpha value is -3.38. The molecular weight excluding hydrogens is 425 g/mol. The van der Waals surface area contributed by atoms with E-state index in [9.17, 15) is 24.5 Å². The molecule has 3 rings (SSSR count). The van der Waals surface area contributed by atoms with E-state index in [-0.39, 0.29) is 34.9 Å². The number of aromatic nitrogens is 1. The standard InChI is InChI=1S/C19H20BN3O7S/c21-19-22-13(9-31-19)11(5-1-2-7-15(24)25)17(26)23-14-8-10-4-3-6-12(18(27)28)16(10)30-20(14)29/h3-6,9,14,29H,1-2,7-8H2,(H2,21,22)(H,23,26)(H,24,25)(H,27,28)/b11-5-/t14-/m0/s1. The zero-order chi connectivity index (χ0) is 22.5. The van der Waals surface area contributed by atoms with E-state index in [0.717, 1.165) is 11.3 Å². The first-order valence-electron chi connectivity index (χ1n) is 9.40. The lowest BCUT2D eigenvalue weighted by Gasteiger charge is -2.29. The number of carboxylic acid groups (broad SMARTS) is 2. The molecule has 10 nitrogen and oxygen atoms in total. The number of fused-ring (bicyclic) bond motifs is 1. The first-order chi connectivity index (χ1) is 14.8. The number of para-hydroxylation sites is 1. The van der Waals surface area contributed by atoms with Crippen molar-refractivity contribution in [2.75, 3.05) is 5.73 Å². The van der Waals surface area contributed by atoms with Gasteiger partial charge in [-0.25, -0.2) is 9.78 Å². The molecule has 2 aromatic rings. The van der Waals surface area contributed by atoms with Gasteiger partial charge < -0.3 is 30.9 Å². The number of unbranched alkanes of at least 4 members (excludes halogenated alkanes) is 1. The third-order valence-electron chi connectivity index (χ3n) is 4.65. The highest BCUT2D eigenvalue weighted by Gasteiger charge is 2.38. The van der Waals surface area contributed by atoms with E-state index in [1.807, 2.05) is 0 Å². The Morgan fingerprint density at radius 3 is 2.77 bits per heavy atom. The van der Waals surface area contributed by atoms with Gasteiger partial charge in [-0.2, -0.15) is 0 Å². The molecule has 0 aliphatic carbocycles. The smallest absolute Gasteiger partial charge is 0.534 e. The number of carbonyl (C=O) groups excluding carboxylic acids is 1. The van der Waals surface area contributed by atoms with Crippen molar-refractivity contribution in [3.05, 3.63) is 46.5 Å². The molecule has 1 atom stereocenters. The maximum Gasteiger partial charge on any atom is 0.547 e. The minimum absolute atomic E-state index is 0.0392. The van der Waals surface area contributed by atoms with E-state index in [4.69, 9.17) is 15.5 Å². The Morgan fingerprint density at radius 1 is 1.35 bits per heavy atom. The van der Waals surface area contributed by atoms with E-state index in [1.165, 1.54) is 6.07 Å². The molecule has 0 fully saturated rings. The molecule has 1 aromatic heterocycles. The van der Waals surface area contributed by atoms with Crippen LogP contribution in [0.4, 0.5) is 5.13 Å². The Labute approximate surface area is 181 Å². The second kappa shape index (κ2) is 9.62. The summed E-state index contributed by atoms with van der Waals surface area (Å²) in [7, 11) is -1.45. The van der Waals surface area contributed by atoms with Crippen LogP contribution in [0.5, 0.6) is 5.75 Å². The highest BCUT2D eigenvalue weighted by atomic mass is 32.1. The number of hydrogen-bond donors (Lipinski definition) is 5. The summed E-state index contributed by atoms with van der Waals surface area (Å²) in [6.07, 6.45) is 2.38. The van der Waals surface area contributed by atoms with Gasteiger partial charge in [-0.15, -0.1) is 11.3 Å². The number of amides is 1. The lowest BCUT2D eigenvalue weighted by molar-refractivity contribution is -0.137. The fraction of sp³-hybridized carbons (Fsp3) is 0.263. The van der Waals surface area contributed by atoms with Crippen molar-refractivity contribution < 1.29 is 34.3 Å². The Bertz CT molecular complexity index is 1040. The minimum atomic E-state index is -1.45. The zero-order valence-corrected chi connectivity index (χ0v) is 17.1. The summed E-state index contributed by atoms with van der Waals surface area (Å²) < 4.78 is 5.39. The van der Waals surface area contributed by atoms with Crippen LogP contribution in [0.1, 0.15) is 40.9 Å². The minimum Gasteiger partial charge on any atom is -0.534 e. The molecular formula is C19H20BN3O7S. The molecule has 0 spiro atoms. The molecule has 1 aliphatic heterocycles. The molecule has 1 aromatic carbocycles. The van der Waals surface area contributed by atoms with Crippen molar-refractivity contribution in [1.82, 2.24) is 10.3 Å². The number of aromatic carboxylic acids is 1. The SMILES string of the molecule is Nc1nc(/C(=C/CCCC(=O)O)C(=O)N[C@H]2Cc3cccc(C(=O)O)c3OB2O)cs1. The summed E-state index contributed by atoms with van der Waals surface area (Å²) in [5.41, 5.74) is 6.69. The molecule has 6 N–H and O–H groups in total. The van der Waals surface area contributed by atoms with Crippen molar-refractivity contribution in [1.29, 1.82) is 0 Å². The summed E-state index contributed by atoms with van der Waals surface area (Å²) in [4.78, 5) is 39.1. The maximum atomic E-state index is 12.9. The highest BCUT2D eigenvalue weighted by Crippen LogP contribution is 2.30. The number of nitrogen functional groups attached to an aromatic ring is 1.